The normalized spacial score (nSPS) is 39.0. The number of hydrogen-bond donors (Lipinski definition) is 0. The first-order chi connectivity index (χ1) is 5.27. The zero-order chi connectivity index (χ0) is 8.27. The summed E-state index contributed by atoms with van der Waals surface area (Å²) in [7, 11) is 1.84. The number of ether oxygens (including phenoxy) is 1. The van der Waals surface area contributed by atoms with E-state index in [0.29, 0.717) is 6.10 Å². The van der Waals surface area contributed by atoms with Crippen molar-refractivity contribution in [1.82, 2.24) is 0 Å². The highest BCUT2D eigenvalue weighted by Gasteiger charge is 2.25. The third-order valence-corrected chi connectivity index (χ3v) is 3.16. The topological polar surface area (TPSA) is 9.23 Å². The minimum atomic E-state index is 0.549. The molecular weight excluding hydrogens is 136 g/mol. The summed E-state index contributed by atoms with van der Waals surface area (Å²) < 4.78 is 5.35. The summed E-state index contributed by atoms with van der Waals surface area (Å²) >= 11 is 0. The first-order valence-corrected chi connectivity index (χ1v) is 4.80. The van der Waals surface area contributed by atoms with Crippen LogP contribution in [0.2, 0.25) is 0 Å². The molecule has 0 aromatic carbocycles. The van der Waals surface area contributed by atoms with Crippen molar-refractivity contribution in [2.24, 2.45) is 11.8 Å². The monoisotopic (exact) mass is 156 g/mol. The van der Waals surface area contributed by atoms with Gasteiger partial charge in [0.2, 0.25) is 0 Å². The van der Waals surface area contributed by atoms with Gasteiger partial charge in [-0.2, -0.15) is 0 Å². The minimum absolute atomic E-state index is 0.549. The van der Waals surface area contributed by atoms with Crippen LogP contribution >= 0.6 is 0 Å². The van der Waals surface area contributed by atoms with Crippen molar-refractivity contribution in [2.75, 3.05) is 7.11 Å². The molecule has 1 aliphatic rings. The van der Waals surface area contributed by atoms with Crippen LogP contribution in [0.5, 0.6) is 0 Å². The van der Waals surface area contributed by atoms with E-state index in [9.17, 15) is 0 Å². The van der Waals surface area contributed by atoms with E-state index in [0.717, 1.165) is 11.8 Å². The molecule has 0 N–H and O–H groups in total. The molecule has 1 heteroatoms. The van der Waals surface area contributed by atoms with Gasteiger partial charge in [-0.15, -0.1) is 0 Å². The maximum atomic E-state index is 5.35. The molecule has 0 heterocycles. The lowest BCUT2D eigenvalue weighted by atomic mass is 9.78. The van der Waals surface area contributed by atoms with Crippen LogP contribution in [0.4, 0.5) is 0 Å². The molecule has 11 heavy (non-hydrogen) atoms. The van der Waals surface area contributed by atoms with Crippen LogP contribution in [0, 0.1) is 11.8 Å². The maximum absolute atomic E-state index is 5.35. The van der Waals surface area contributed by atoms with Crippen molar-refractivity contribution in [3.8, 4) is 0 Å². The van der Waals surface area contributed by atoms with Crippen molar-refractivity contribution in [1.29, 1.82) is 0 Å². The van der Waals surface area contributed by atoms with E-state index < -0.39 is 0 Å². The van der Waals surface area contributed by atoms with Crippen molar-refractivity contribution < 1.29 is 4.74 Å². The van der Waals surface area contributed by atoms with E-state index in [2.05, 4.69) is 13.8 Å². The molecule has 1 nitrogen and oxygen atoms in total. The standard InChI is InChI=1S/C10H20O/c1-4-9-5-6-10(11-3)7-8(9)2/h8-10H,4-7H2,1-3H3. The van der Waals surface area contributed by atoms with E-state index in [-0.39, 0.29) is 0 Å². The van der Waals surface area contributed by atoms with Crippen LogP contribution in [0.1, 0.15) is 39.5 Å². The molecule has 1 rings (SSSR count). The lowest BCUT2D eigenvalue weighted by molar-refractivity contribution is 0.0324. The Hall–Kier alpha value is -0.0400. The van der Waals surface area contributed by atoms with Gasteiger partial charge < -0.3 is 4.74 Å². The summed E-state index contributed by atoms with van der Waals surface area (Å²) in [6.07, 6.45) is 5.81. The molecule has 0 radical (unpaired) electrons. The average molecular weight is 156 g/mol. The molecule has 0 saturated heterocycles. The Bertz CT molecular complexity index is 111. The van der Waals surface area contributed by atoms with Gasteiger partial charge in [0, 0.05) is 7.11 Å². The Labute approximate surface area is 70.1 Å². The molecular formula is C10H20O. The Kier molecular flexibility index (Phi) is 3.38. The molecule has 1 aliphatic carbocycles. The molecule has 0 aromatic rings. The zero-order valence-electron chi connectivity index (χ0n) is 7.97. The van der Waals surface area contributed by atoms with Gasteiger partial charge >= 0.3 is 0 Å². The van der Waals surface area contributed by atoms with Crippen molar-refractivity contribution in [2.45, 2.75) is 45.6 Å². The Morgan fingerprint density at radius 1 is 1.36 bits per heavy atom. The van der Waals surface area contributed by atoms with Crippen molar-refractivity contribution in [3.63, 3.8) is 0 Å². The first kappa shape index (κ1) is 9.05. The molecule has 3 unspecified atom stereocenters. The summed E-state index contributed by atoms with van der Waals surface area (Å²) in [5.74, 6) is 1.83. The van der Waals surface area contributed by atoms with Crippen LogP contribution in [0.15, 0.2) is 0 Å². The van der Waals surface area contributed by atoms with Gasteiger partial charge in [-0.1, -0.05) is 20.3 Å². The summed E-state index contributed by atoms with van der Waals surface area (Å²) in [6, 6.07) is 0. The van der Waals surface area contributed by atoms with E-state index >= 15 is 0 Å². The highest BCUT2D eigenvalue weighted by molar-refractivity contribution is 4.76. The average Bonchev–Trinajstić information content (AvgIpc) is 2.04. The molecule has 66 valence electrons. The highest BCUT2D eigenvalue weighted by atomic mass is 16.5. The third kappa shape index (κ3) is 2.19. The molecule has 1 fully saturated rings. The van der Waals surface area contributed by atoms with Crippen molar-refractivity contribution >= 4 is 0 Å². The van der Waals surface area contributed by atoms with E-state index in [1.165, 1.54) is 25.7 Å². The smallest absolute Gasteiger partial charge is 0.0574 e. The zero-order valence-corrected chi connectivity index (χ0v) is 7.97. The van der Waals surface area contributed by atoms with Gasteiger partial charge in [0.25, 0.3) is 0 Å². The van der Waals surface area contributed by atoms with Gasteiger partial charge in [0.05, 0.1) is 6.10 Å². The Morgan fingerprint density at radius 2 is 2.09 bits per heavy atom. The second-order valence-corrected chi connectivity index (χ2v) is 3.82. The van der Waals surface area contributed by atoms with Crippen LogP contribution in [-0.2, 0) is 4.74 Å². The van der Waals surface area contributed by atoms with Crippen LogP contribution < -0.4 is 0 Å². The second kappa shape index (κ2) is 4.10. The summed E-state index contributed by atoms with van der Waals surface area (Å²) in [4.78, 5) is 0. The lowest BCUT2D eigenvalue weighted by Gasteiger charge is -2.32. The Morgan fingerprint density at radius 3 is 2.55 bits per heavy atom. The Balaban J connectivity index is 2.34. The minimum Gasteiger partial charge on any atom is -0.381 e. The second-order valence-electron chi connectivity index (χ2n) is 3.82. The lowest BCUT2D eigenvalue weighted by Crippen LogP contribution is -2.26. The first-order valence-electron chi connectivity index (χ1n) is 4.80. The van der Waals surface area contributed by atoms with E-state index in [1.807, 2.05) is 7.11 Å². The van der Waals surface area contributed by atoms with Gasteiger partial charge in [0.15, 0.2) is 0 Å². The molecule has 0 spiro atoms. The molecule has 0 amide bonds. The number of hydrogen-bond acceptors (Lipinski definition) is 1. The van der Waals surface area contributed by atoms with Gasteiger partial charge in [0.1, 0.15) is 0 Å². The van der Waals surface area contributed by atoms with Gasteiger partial charge in [-0.05, 0) is 31.1 Å². The predicted molar refractivity (Wildman–Crippen MR) is 47.6 cm³/mol. The van der Waals surface area contributed by atoms with Crippen LogP contribution in [0.3, 0.4) is 0 Å². The summed E-state index contributed by atoms with van der Waals surface area (Å²) in [6.45, 7) is 4.66. The van der Waals surface area contributed by atoms with Gasteiger partial charge in [-0.25, -0.2) is 0 Å². The fourth-order valence-electron chi connectivity index (χ4n) is 2.23. The molecule has 3 atom stereocenters. The van der Waals surface area contributed by atoms with Crippen molar-refractivity contribution in [3.05, 3.63) is 0 Å². The van der Waals surface area contributed by atoms with E-state index in [4.69, 9.17) is 4.74 Å². The SMILES string of the molecule is CCC1CCC(OC)CC1C. The fraction of sp³-hybridized carbons (Fsp3) is 1.00. The quantitative estimate of drug-likeness (QED) is 0.597. The molecule has 0 aromatic heterocycles. The number of methoxy groups -OCH3 is 1. The summed E-state index contributed by atoms with van der Waals surface area (Å²) in [5, 5.41) is 0. The maximum Gasteiger partial charge on any atom is 0.0574 e. The summed E-state index contributed by atoms with van der Waals surface area (Å²) in [5.41, 5.74) is 0. The third-order valence-electron chi connectivity index (χ3n) is 3.16. The highest BCUT2D eigenvalue weighted by Crippen LogP contribution is 2.32. The van der Waals surface area contributed by atoms with Gasteiger partial charge in [-0.3, -0.25) is 0 Å². The fourth-order valence-corrected chi connectivity index (χ4v) is 2.23. The van der Waals surface area contributed by atoms with Crippen LogP contribution in [0.25, 0.3) is 0 Å². The molecule has 1 saturated carbocycles. The predicted octanol–water partition coefficient (Wildman–Crippen LogP) is 2.85. The van der Waals surface area contributed by atoms with Crippen LogP contribution in [-0.4, -0.2) is 13.2 Å². The molecule has 0 bridgehead atoms. The number of rotatable bonds is 2. The largest absolute Gasteiger partial charge is 0.381 e. The van der Waals surface area contributed by atoms with E-state index in [1.54, 1.807) is 0 Å². The molecule has 0 aliphatic heterocycles.